The number of sulfonamides is 1. The Bertz CT molecular complexity index is 1240. The molecule has 1 saturated carbocycles. The van der Waals surface area contributed by atoms with Crippen molar-refractivity contribution >= 4 is 10.0 Å². The second kappa shape index (κ2) is 16.3. The van der Waals surface area contributed by atoms with Crippen LogP contribution in [0.5, 0.6) is 11.5 Å². The van der Waals surface area contributed by atoms with Gasteiger partial charge < -0.3 is 19.3 Å². The van der Waals surface area contributed by atoms with Crippen LogP contribution in [0.25, 0.3) is 0 Å². The molecule has 0 aliphatic heterocycles. The van der Waals surface area contributed by atoms with Gasteiger partial charge in [-0.05, 0) is 104 Å². The molecule has 0 radical (unpaired) electrons. The SMILES string of the molecule is COc1ccc(CN(Cc2ccc(OC)cc2)S(=O)(=O)[C@H](C)[C@@H](C)C2/C=C(/[C@H](OC)[C@@H]3CCC3CO)CCCCCC2)cc1. The van der Waals surface area contributed by atoms with Crippen LogP contribution in [0, 0.1) is 23.7 Å². The maximum atomic E-state index is 14.5. The molecule has 7 nitrogen and oxygen atoms in total. The van der Waals surface area contributed by atoms with Crippen LogP contribution in [0.4, 0.5) is 0 Å². The maximum absolute atomic E-state index is 14.5. The number of benzene rings is 2. The smallest absolute Gasteiger partial charge is 0.217 e. The van der Waals surface area contributed by atoms with Gasteiger partial charge in [0.05, 0.1) is 25.6 Å². The molecule has 2 unspecified atom stereocenters. The fourth-order valence-electron chi connectivity index (χ4n) is 6.94. The van der Waals surface area contributed by atoms with Crippen LogP contribution < -0.4 is 9.47 Å². The highest BCUT2D eigenvalue weighted by Gasteiger charge is 2.40. The van der Waals surface area contributed by atoms with E-state index in [4.69, 9.17) is 14.2 Å². The summed E-state index contributed by atoms with van der Waals surface area (Å²) in [5, 5.41) is 9.32. The van der Waals surface area contributed by atoms with Crippen molar-refractivity contribution in [3.63, 3.8) is 0 Å². The molecule has 1 fully saturated rings. The zero-order chi connectivity index (χ0) is 31.7. The molecule has 0 aromatic heterocycles. The summed E-state index contributed by atoms with van der Waals surface area (Å²) in [6.45, 7) is 4.75. The van der Waals surface area contributed by atoms with Gasteiger partial charge in [0.2, 0.25) is 10.0 Å². The van der Waals surface area contributed by atoms with Crippen molar-refractivity contribution in [2.75, 3.05) is 27.9 Å². The molecule has 6 atom stereocenters. The first-order valence-corrected chi connectivity index (χ1v) is 17.8. The molecule has 1 N–H and O–H groups in total. The van der Waals surface area contributed by atoms with Crippen molar-refractivity contribution in [1.29, 1.82) is 0 Å². The number of rotatable bonds is 14. The zero-order valence-electron chi connectivity index (χ0n) is 27.3. The number of hydrogen-bond donors (Lipinski definition) is 1. The standard InChI is InChI=1S/C36H53NO6S/c1-26(30-10-8-6-7-9-11-31(22-30)36(43-5)35-21-16-32(35)25-38)27(2)44(39,40)37(23-28-12-17-33(41-3)18-13-28)24-29-14-19-34(42-4)20-15-29/h12-15,17-20,22,26-27,30,32,35-36,38H,6-11,16,21,23-25H2,1-5H3/b31-22+/t26-,27-,30?,32?,35-,36+/m1/s1. The van der Waals surface area contributed by atoms with Crippen LogP contribution in [-0.2, 0) is 27.8 Å². The maximum Gasteiger partial charge on any atom is 0.217 e. The topological polar surface area (TPSA) is 85.3 Å². The number of allylic oxidation sites excluding steroid dienone is 1. The average molecular weight is 628 g/mol. The minimum Gasteiger partial charge on any atom is -0.497 e. The van der Waals surface area contributed by atoms with Gasteiger partial charge in [0.1, 0.15) is 11.5 Å². The summed E-state index contributed by atoms with van der Waals surface area (Å²) in [5.74, 6) is 2.14. The third-order valence-corrected chi connectivity index (χ3v) is 12.5. The van der Waals surface area contributed by atoms with Gasteiger partial charge in [-0.1, -0.05) is 56.5 Å². The zero-order valence-corrected chi connectivity index (χ0v) is 28.1. The van der Waals surface area contributed by atoms with Gasteiger partial charge in [-0.3, -0.25) is 0 Å². The van der Waals surface area contributed by atoms with Gasteiger partial charge in [0.15, 0.2) is 0 Å². The highest BCUT2D eigenvalue weighted by atomic mass is 32.2. The molecule has 0 amide bonds. The van der Waals surface area contributed by atoms with E-state index >= 15 is 0 Å². The molecule has 44 heavy (non-hydrogen) atoms. The number of ether oxygens (including phenoxy) is 3. The molecule has 2 aliphatic rings. The van der Waals surface area contributed by atoms with E-state index in [0.717, 1.165) is 67.6 Å². The number of methoxy groups -OCH3 is 3. The van der Waals surface area contributed by atoms with E-state index in [9.17, 15) is 13.5 Å². The summed E-state index contributed by atoms with van der Waals surface area (Å²) in [7, 11) is 1.34. The third kappa shape index (κ3) is 8.45. The molecule has 4 rings (SSSR count). The van der Waals surface area contributed by atoms with Gasteiger partial charge in [-0.25, -0.2) is 8.42 Å². The van der Waals surface area contributed by atoms with Gasteiger partial charge in [-0.15, -0.1) is 0 Å². The van der Waals surface area contributed by atoms with E-state index in [1.807, 2.05) is 55.5 Å². The summed E-state index contributed by atoms with van der Waals surface area (Å²) in [5.41, 5.74) is 3.12. The molecule has 244 valence electrons. The van der Waals surface area contributed by atoms with Crippen molar-refractivity contribution in [2.24, 2.45) is 23.7 Å². The summed E-state index contributed by atoms with van der Waals surface area (Å²) in [6.07, 6.45) is 11.0. The lowest BCUT2D eigenvalue weighted by atomic mass is 9.68. The van der Waals surface area contributed by atoms with E-state index in [-0.39, 0.29) is 43.6 Å². The summed E-state index contributed by atoms with van der Waals surface area (Å²) in [4.78, 5) is 0. The molecular formula is C36H53NO6S. The molecular weight excluding hydrogens is 574 g/mol. The number of nitrogens with zero attached hydrogens (tertiary/aromatic N) is 1. The molecule has 0 bridgehead atoms. The Labute approximate surface area is 265 Å². The van der Waals surface area contributed by atoms with Gasteiger partial charge >= 0.3 is 0 Å². The Morgan fingerprint density at radius 3 is 1.86 bits per heavy atom. The molecule has 2 aromatic carbocycles. The molecule has 0 saturated heterocycles. The molecule has 2 aliphatic carbocycles. The number of aliphatic hydroxyl groups excluding tert-OH is 1. The Hall–Kier alpha value is -2.39. The predicted molar refractivity (Wildman–Crippen MR) is 176 cm³/mol. The first-order valence-electron chi connectivity index (χ1n) is 16.3. The molecule has 2 aromatic rings. The Morgan fingerprint density at radius 1 is 0.818 bits per heavy atom. The van der Waals surface area contributed by atoms with Gasteiger partial charge in [0.25, 0.3) is 0 Å². The first-order chi connectivity index (χ1) is 21.2. The van der Waals surface area contributed by atoms with E-state index < -0.39 is 15.3 Å². The minimum atomic E-state index is -3.70. The van der Waals surface area contributed by atoms with Crippen molar-refractivity contribution < 1.29 is 27.7 Å². The summed E-state index contributed by atoms with van der Waals surface area (Å²) < 4.78 is 47.4. The summed E-state index contributed by atoms with van der Waals surface area (Å²) >= 11 is 0. The average Bonchev–Trinajstić information content (AvgIpc) is 3.15. The number of hydrogen-bond acceptors (Lipinski definition) is 6. The lowest BCUT2D eigenvalue weighted by Gasteiger charge is -2.42. The van der Waals surface area contributed by atoms with Crippen molar-refractivity contribution in [1.82, 2.24) is 4.31 Å². The van der Waals surface area contributed by atoms with Crippen molar-refractivity contribution in [2.45, 2.75) is 89.7 Å². The van der Waals surface area contributed by atoms with Gasteiger partial charge in [0, 0.05) is 26.8 Å². The van der Waals surface area contributed by atoms with E-state index in [1.54, 1.807) is 25.6 Å². The fraction of sp³-hybridized carbons (Fsp3) is 0.611. The summed E-state index contributed by atoms with van der Waals surface area (Å²) in [6, 6.07) is 15.2. The van der Waals surface area contributed by atoms with Crippen LogP contribution >= 0.6 is 0 Å². The van der Waals surface area contributed by atoms with Crippen molar-refractivity contribution in [3.05, 3.63) is 71.3 Å². The van der Waals surface area contributed by atoms with Crippen LogP contribution in [0.15, 0.2) is 60.2 Å². The van der Waals surface area contributed by atoms with Crippen molar-refractivity contribution in [3.8, 4) is 11.5 Å². The highest BCUT2D eigenvalue weighted by Crippen LogP contribution is 2.42. The fourth-order valence-corrected chi connectivity index (χ4v) is 8.81. The van der Waals surface area contributed by atoms with E-state index in [2.05, 4.69) is 13.0 Å². The quantitative estimate of drug-likeness (QED) is 0.227. The Morgan fingerprint density at radius 2 is 1.39 bits per heavy atom. The lowest BCUT2D eigenvalue weighted by molar-refractivity contribution is -0.0193. The van der Waals surface area contributed by atoms with Gasteiger partial charge in [-0.2, -0.15) is 4.31 Å². The third-order valence-electron chi connectivity index (χ3n) is 10.2. The second-order valence-electron chi connectivity index (χ2n) is 12.8. The first kappa shape index (κ1) is 34.5. The van der Waals surface area contributed by atoms with Crippen LogP contribution in [0.3, 0.4) is 0 Å². The predicted octanol–water partition coefficient (Wildman–Crippen LogP) is 6.99. The highest BCUT2D eigenvalue weighted by molar-refractivity contribution is 7.89. The van der Waals surface area contributed by atoms with E-state index in [0.29, 0.717) is 5.92 Å². The normalized spacial score (nSPS) is 24.5. The van der Waals surface area contributed by atoms with Crippen LogP contribution in [0.1, 0.15) is 76.3 Å². The minimum absolute atomic E-state index is 0.0118. The van der Waals surface area contributed by atoms with Crippen LogP contribution in [-0.4, -0.2) is 57.1 Å². The lowest BCUT2D eigenvalue weighted by Crippen LogP contribution is -2.42. The second-order valence-corrected chi connectivity index (χ2v) is 15.1. The molecule has 0 heterocycles. The number of aliphatic hydroxyl groups is 1. The molecule has 0 spiro atoms. The Balaban J connectivity index is 1.62. The largest absolute Gasteiger partial charge is 0.497 e. The monoisotopic (exact) mass is 627 g/mol. The van der Waals surface area contributed by atoms with Crippen LogP contribution in [0.2, 0.25) is 0 Å². The Kier molecular flexibility index (Phi) is 12.7. The van der Waals surface area contributed by atoms with E-state index in [1.165, 1.54) is 12.0 Å². The molecule has 8 heteroatoms.